The molecule has 1 saturated heterocycles. The van der Waals surface area contributed by atoms with E-state index in [1.807, 2.05) is 0 Å². The second kappa shape index (κ2) is 30.7. The molecule has 0 saturated carbocycles. The molecule has 29 heteroatoms. The number of phosphoric ester groups is 3. The van der Waals surface area contributed by atoms with E-state index >= 15 is 0 Å². The normalized spacial score (nSPS) is 20.2. The first kappa shape index (κ1) is 61.8. The smallest absolute Gasteiger partial charge is 0.274 e. The second-order valence-corrected chi connectivity index (χ2v) is 22.9. The van der Waals surface area contributed by atoms with Crippen molar-refractivity contribution in [1.82, 2.24) is 30.2 Å². The SMILES string of the molecule is CCCCCCCCCCCCCCCCCCC(O)C(=O)SCCNC(=O)CCNC(=O)[C@H](O)C(C)(C)COP(=O)([O-])OP(=O)([O-])OC[C@H]1O[C@@H](n2cnc3c(N)ncnc32)[C@H](O)[C@@H]1OP(=O)([O-])[O-]. The van der Waals surface area contributed by atoms with Gasteiger partial charge in [0.25, 0.3) is 15.6 Å². The van der Waals surface area contributed by atoms with Gasteiger partial charge in [-0.3, -0.25) is 28.1 Å². The van der Waals surface area contributed by atoms with E-state index in [2.05, 4.69) is 50.4 Å². The summed E-state index contributed by atoms with van der Waals surface area (Å²) in [5, 5.41) is 36.2. The minimum absolute atomic E-state index is 0.0238. The molecule has 0 aromatic carbocycles. The van der Waals surface area contributed by atoms with E-state index < -0.39 is 90.7 Å². The number of rotatable bonds is 37. The molecule has 1 aliphatic heterocycles. The maximum Gasteiger partial charge on any atom is 0.274 e. The summed E-state index contributed by atoms with van der Waals surface area (Å²) in [5.41, 5.74) is 4.06. The van der Waals surface area contributed by atoms with Gasteiger partial charge >= 0.3 is 0 Å². The summed E-state index contributed by atoms with van der Waals surface area (Å²) in [6.07, 6.45) is 11.3. The molecule has 70 heavy (non-hydrogen) atoms. The summed E-state index contributed by atoms with van der Waals surface area (Å²) in [5.74, 6) is -1.39. The molecule has 0 aliphatic carbocycles. The number of amides is 2. The number of aliphatic hydroxyl groups excluding tert-OH is 3. The number of hydrogen-bond donors (Lipinski definition) is 6. The van der Waals surface area contributed by atoms with E-state index in [4.69, 9.17) is 10.5 Å². The summed E-state index contributed by atoms with van der Waals surface area (Å²) in [6, 6.07) is 0. The average Bonchev–Trinajstić information content (AvgIpc) is 3.85. The Morgan fingerprint density at radius 3 is 2.01 bits per heavy atom. The lowest BCUT2D eigenvalue weighted by atomic mass is 9.87. The standard InChI is InChI=1S/C41H74N7O18P3S/c1-4-5-6-7-8-9-10-11-12-13-14-15-16-17-18-19-20-29(49)40(54)70-24-23-43-31(50)21-22-44-38(53)35(52)41(2,3)26-63-69(60,61)66-68(58,59)62-25-30-34(65-67(55,56)57)33(51)39(64-30)48-28-47-32-36(42)45-27-46-37(32)48/h27-30,33-35,39,49,51-52H,4-26H2,1-3H3,(H,43,50)(H,44,53)(H,58,59)(H,60,61)(H2,42,45,46)(H2,55,56,57)/p-4/t29?,30-,33-,34-,35+,39-/m1/s1. The molecule has 3 heterocycles. The van der Waals surface area contributed by atoms with Crippen molar-refractivity contribution in [2.24, 2.45) is 5.41 Å². The minimum atomic E-state index is -5.93. The van der Waals surface area contributed by atoms with E-state index in [1.165, 1.54) is 90.9 Å². The van der Waals surface area contributed by atoms with Crippen molar-refractivity contribution in [3.8, 4) is 0 Å². The van der Waals surface area contributed by atoms with Gasteiger partial charge in [-0.1, -0.05) is 135 Å². The highest BCUT2D eigenvalue weighted by molar-refractivity contribution is 8.13. The predicted octanol–water partition coefficient (Wildman–Crippen LogP) is 2.15. The van der Waals surface area contributed by atoms with E-state index in [9.17, 15) is 63.0 Å². The Morgan fingerprint density at radius 1 is 0.857 bits per heavy atom. The molecular formula is C41H70N7O18P3S-4. The van der Waals surface area contributed by atoms with Gasteiger partial charge in [-0.15, -0.1) is 0 Å². The van der Waals surface area contributed by atoms with Crippen molar-refractivity contribution >= 4 is 69.1 Å². The van der Waals surface area contributed by atoms with E-state index in [0.717, 1.165) is 54.7 Å². The summed E-state index contributed by atoms with van der Waals surface area (Å²) in [7, 11) is -17.6. The Kier molecular flexibility index (Phi) is 27.1. The van der Waals surface area contributed by atoms with Crippen LogP contribution in [0, 0.1) is 5.41 Å². The number of unbranched alkanes of at least 4 members (excludes halogenated alkanes) is 15. The fourth-order valence-electron chi connectivity index (χ4n) is 7.36. The molecular weight excluding hydrogens is 1000 g/mol. The van der Waals surface area contributed by atoms with Crippen LogP contribution in [0.1, 0.15) is 143 Å². The van der Waals surface area contributed by atoms with Crippen LogP contribution in [0.5, 0.6) is 0 Å². The summed E-state index contributed by atoms with van der Waals surface area (Å²) < 4.78 is 60.8. The van der Waals surface area contributed by atoms with Gasteiger partial charge in [0.1, 0.15) is 42.4 Å². The number of imidazole rings is 1. The van der Waals surface area contributed by atoms with Gasteiger partial charge in [0.05, 0.1) is 27.4 Å². The summed E-state index contributed by atoms with van der Waals surface area (Å²) in [6.45, 7) is 2.20. The highest BCUT2D eigenvalue weighted by atomic mass is 32.2. The summed E-state index contributed by atoms with van der Waals surface area (Å²) >= 11 is 0.905. The molecule has 1 aliphatic rings. The topological polar surface area (TPSA) is 395 Å². The zero-order valence-electron chi connectivity index (χ0n) is 40.0. The average molecular weight is 1070 g/mol. The van der Waals surface area contributed by atoms with Crippen LogP contribution < -0.4 is 35.9 Å². The lowest BCUT2D eigenvalue weighted by Crippen LogP contribution is -2.46. The minimum Gasteiger partial charge on any atom is -0.790 e. The van der Waals surface area contributed by atoms with Crippen LogP contribution in [-0.2, 0) is 50.7 Å². The number of aromatic nitrogens is 4. The maximum absolute atomic E-state index is 12.7. The van der Waals surface area contributed by atoms with Gasteiger partial charge in [-0.25, -0.2) is 19.3 Å². The monoisotopic (exact) mass is 1070 g/mol. The van der Waals surface area contributed by atoms with Gasteiger partial charge in [0.2, 0.25) is 16.9 Å². The lowest BCUT2D eigenvalue weighted by molar-refractivity contribution is -0.347. The Hall–Kier alpha value is -2.48. The fourth-order valence-corrected chi connectivity index (χ4v) is 10.8. The number of nitrogen functional groups attached to an aromatic ring is 1. The fraction of sp³-hybridized carbons (Fsp3) is 0.805. The first-order valence-corrected chi connectivity index (χ1v) is 29.0. The highest BCUT2D eigenvalue weighted by Gasteiger charge is 2.47. The zero-order chi connectivity index (χ0) is 52.0. The molecule has 0 bridgehead atoms. The quantitative estimate of drug-likeness (QED) is 0.0417. The number of nitrogens with two attached hydrogens (primary N) is 1. The zero-order valence-corrected chi connectivity index (χ0v) is 43.5. The molecule has 0 radical (unpaired) electrons. The third kappa shape index (κ3) is 22.7. The van der Waals surface area contributed by atoms with Gasteiger partial charge in [-0.05, 0) is 6.42 Å². The largest absolute Gasteiger partial charge is 0.790 e. The van der Waals surface area contributed by atoms with E-state index in [0.29, 0.717) is 6.42 Å². The molecule has 7 N–H and O–H groups in total. The number of nitrogens with zero attached hydrogens (tertiary/aromatic N) is 4. The number of nitrogens with one attached hydrogen (secondary N) is 2. The molecule has 1 fully saturated rings. The Morgan fingerprint density at radius 2 is 1.43 bits per heavy atom. The van der Waals surface area contributed by atoms with Crippen molar-refractivity contribution in [2.75, 3.05) is 37.8 Å². The van der Waals surface area contributed by atoms with Crippen molar-refractivity contribution in [2.45, 2.75) is 173 Å². The molecule has 0 spiro atoms. The summed E-state index contributed by atoms with van der Waals surface area (Å²) in [4.78, 5) is 97.0. The second-order valence-electron chi connectivity index (χ2n) is 17.8. The molecule has 25 nitrogen and oxygen atoms in total. The van der Waals surface area contributed by atoms with Crippen molar-refractivity contribution in [3.05, 3.63) is 12.7 Å². The molecule has 2 aromatic rings. The number of phosphoric acid groups is 3. The molecule has 402 valence electrons. The third-order valence-electron chi connectivity index (χ3n) is 11.3. The van der Waals surface area contributed by atoms with Gasteiger partial charge in [0, 0.05) is 30.7 Å². The third-order valence-corrected chi connectivity index (χ3v) is 15.3. The van der Waals surface area contributed by atoms with Crippen LogP contribution >= 0.6 is 35.2 Å². The molecule has 3 unspecified atom stereocenters. The number of thioether (sulfide) groups is 1. The molecule has 2 aromatic heterocycles. The Balaban J connectivity index is 1.28. The van der Waals surface area contributed by atoms with Crippen LogP contribution in [0.4, 0.5) is 5.82 Å². The lowest BCUT2D eigenvalue weighted by Gasteiger charge is -2.36. The van der Waals surface area contributed by atoms with E-state index in [1.54, 1.807) is 0 Å². The van der Waals surface area contributed by atoms with Gasteiger partial charge < -0.3 is 74.1 Å². The number of anilines is 1. The number of ether oxygens (including phenoxy) is 1. The van der Waals surface area contributed by atoms with Gasteiger partial charge in [-0.2, -0.15) is 0 Å². The number of carbonyl (C=O) groups excluding carboxylic acids is 3. The Labute approximate surface area is 412 Å². The number of aliphatic hydroxyl groups is 3. The van der Waals surface area contributed by atoms with Crippen LogP contribution in [0.25, 0.3) is 11.2 Å². The van der Waals surface area contributed by atoms with Crippen molar-refractivity contribution in [3.63, 3.8) is 0 Å². The van der Waals surface area contributed by atoms with Crippen LogP contribution in [0.2, 0.25) is 0 Å². The van der Waals surface area contributed by atoms with Crippen molar-refractivity contribution in [1.29, 1.82) is 0 Å². The predicted molar refractivity (Wildman–Crippen MR) is 248 cm³/mol. The van der Waals surface area contributed by atoms with Crippen LogP contribution in [0.3, 0.4) is 0 Å². The maximum atomic E-state index is 12.7. The first-order valence-electron chi connectivity index (χ1n) is 23.6. The van der Waals surface area contributed by atoms with E-state index in [-0.39, 0.29) is 47.4 Å². The Bertz CT molecular complexity index is 2070. The number of carbonyl (C=O) groups is 3. The number of hydrogen-bond acceptors (Lipinski definition) is 23. The van der Waals surface area contributed by atoms with Crippen LogP contribution in [0.15, 0.2) is 12.7 Å². The molecule has 8 atom stereocenters. The van der Waals surface area contributed by atoms with Crippen LogP contribution in [-0.4, -0.2) is 114 Å². The van der Waals surface area contributed by atoms with Gasteiger partial charge in [0.15, 0.2) is 17.7 Å². The van der Waals surface area contributed by atoms with Crippen molar-refractivity contribution < 1.29 is 85.6 Å². The number of fused-ring (bicyclic) bond motifs is 1. The first-order chi connectivity index (χ1) is 33.0. The molecule has 3 rings (SSSR count). The highest BCUT2D eigenvalue weighted by Crippen LogP contribution is 2.56. The molecule has 2 amide bonds.